The van der Waals surface area contributed by atoms with E-state index in [9.17, 15) is 18.7 Å². The number of likely N-dealkylation sites (tertiary alicyclic amines) is 1. The Morgan fingerprint density at radius 1 is 1.30 bits per heavy atom. The van der Waals surface area contributed by atoms with Crippen LogP contribution in [0.25, 0.3) is 0 Å². The van der Waals surface area contributed by atoms with Crippen molar-refractivity contribution in [1.29, 1.82) is 0 Å². The average Bonchev–Trinajstić information content (AvgIpc) is 2.99. The first-order valence-corrected chi connectivity index (χ1v) is 7.56. The number of carbonyl (C=O) groups excluding carboxylic acids is 1. The van der Waals surface area contributed by atoms with E-state index < -0.39 is 30.6 Å². The number of carbonyl (C=O) groups is 1. The minimum atomic E-state index is -2.64. The number of aliphatic hydroxyl groups is 1. The molecule has 0 radical (unpaired) electrons. The van der Waals surface area contributed by atoms with Crippen molar-refractivity contribution in [3.05, 3.63) is 35.9 Å². The molecule has 2 rings (SSSR count). The van der Waals surface area contributed by atoms with Crippen molar-refractivity contribution in [3.63, 3.8) is 0 Å². The highest BCUT2D eigenvalue weighted by molar-refractivity contribution is 5.68. The van der Waals surface area contributed by atoms with Gasteiger partial charge in [-0.05, 0) is 12.5 Å². The molecular weight excluding hydrogens is 308 g/mol. The molecular formula is C16H21F2NO4. The maximum atomic E-state index is 13.1. The van der Waals surface area contributed by atoms with Crippen molar-refractivity contribution in [1.82, 2.24) is 4.90 Å². The number of nitrogens with zero attached hydrogens (tertiary/aromatic N) is 1. The van der Waals surface area contributed by atoms with Crippen LogP contribution in [-0.2, 0) is 16.1 Å². The molecule has 1 unspecified atom stereocenters. The van der Waals surface area contributed by atoms with Gasteiger partial charge in [0.05, 0.1) is 0 Å². The van der Waals surface area contributed by atoms with Gasteiger partial charge >= 0.3 is 6.09 Å². The third-order valence-corrected chi connectivity index (χ3v) is 3.90. The third-order valence-electron chi connectivity index (χ3n) is 3.90. The lowest BCUT2D eigenvalue weighted by Gasteiger charge is -2.22. The fraction of sp³-hybridized carbons (Fsp3) is 0.562. The van der Waals surface area contributed by atoms with E-state index in [4.69, 9.17) is 9.47 Å². The Balaban J connectivity index is 1.93. The van der Waals surface area contributed by atoms with E-state index in [1.54, 1.807) is 19.1 Å². The van der Waals surface area contributed by atoms with Gasteiger partial charge in [0, 0.05) is 31.5 Å². The zero-order chi connectivity index (χ0) is 16.8. The number of rotatable bonds is 6. The summed E-state index contributed by atoms with van der Waals surface area (Å²) in [6.45, 7) is 1.80. The Hall–Kier alpha value is -1.73. The first-order valence-electron chi connectivity index (χ1n) is 7.56. The molecule has 1 aromatic rings. The molecule has 1 N–H and O–H groups in total. The van der Waals surface area contributed by atoms with Crippen molar-refractivity contribution in [2.24, 2.45) is 11.8 Å². The number of aliphatic hydroxyl groups excluding tert-OH is 1. The molecule has 23 heavy (non-hydrogen) atoms. The molecule has 1 aliphatic rings. The molecule has 0 aromatic heterocycles. The van der Waals surface area contributed by atoms with Crippen LogP contribution in [0.4, 0.5) is 13.6 Å². The summed E-state index contributed by atoms with van der Waals surface area (Å²) in [7, 11) is 0. The second kappa shape index (κ2) is 8.21. The molecule has 0 bridgehead atoms. The van der Waals surface area contributed by atoms with E-state index in [1.807, 2.05) is 18.2 Å². The summed E-state index contributed by atoms with van der Waals surface area (Å²) in [4.78, 5) is 13.3. The Morgan fingerprint density at radius 3 is 2.57 bits per heavy atom. The van der Waals surface area contributed by atoms with Crippen molar-refractivity contribution in [3.8, 4) is 0 Å². The molecule has 0 aliphatic carbocycles. The molecule has 3 atom stereocenters. The fourth-order valence-electron chi connectivity index (χ4n) is 2.68. The minimum Gasteiger partial charge on any atom is -0.445 e. The highest BCUT2D eigenvalue weighted by atomic mass is 19.3. The molecule has 7 heteroatoms. The van der Waals surface area contributed by atoms with Gasteiger partial charge in [0.15, 0.2) is 6.29 Å². The zero-order valence-corrected chi connectivity index (χ0v) is 12.9. The normalized spacial score (nSPS) is 22.4. The van der Waals surface area contributed by atoms with Crippen LogP contribution in [0.3, 0.4) is 0 Å². The first kappa shape index (κ1) is 17.6. The molecule has 0 spiro atoms. The molecule has 0 saturated carbocycles. The minimum absolute atomic E-state index is 0.0101. The predicted molar refractivity (Wildman–Crippen MR) is 78.8 cm³/mol. The summed E-state index contributed by atoms with van der Waals surface area (Å²) in [6, 6.07) is 9.10. The van der Waals surface area contributed by atoms with Crippen LogP contribution in [0.1, 0.15) is 12.5 Å². The molecule has 1 fully saturated rings. The van der Waals surface area contributed by atoms with E-state index >= 15 is 0 Å². The molecule has 1 heterocycles. The third kappa shape index (κ3) is 4.62. The topological polar surface area (TPSA) is 59.0 Å². The highest BCUT2D eigenvalue weighted by Crippen LogP contribution is 2.32. The van der Waals surface area contributed by atoms with Crippen LogP contribution in [0.15, 0.2) is 30.3 Å². The molecule has 1 aromatic carbocycles. The Bertz CT molecular complexity index is 500. The number of amides is 1. The second-order valence-corrected chi connectivity index (χ2v) is 5.45. The second-order valence-electron chi connectivity index (χ2n) is 5.45. The average molecular weight is 329 g/mol. The van der Waals surface area contributed by atoms with Crippen LogP contribution in [0.5, 0.6) is 0 Å². The lowest BCUT2D eigenvalue weighted by Crippen LogP contribution is -2.33. The van der Waals surface area contributed by atoms with Crippen LogP contribution in [-0.4, -0.2) is 48.5 Å². The van der Waals surface area contributed by atoms with E-state index in [0.717, 1.165) is 5.56 Å². The van der Waals surface area contributed by atoms with E-state index in [2.05, 4.69) is 0 Å². The number of hydrogen-bond donors (Lipinski definition) is 1. The maximum absolute atomic E-state index is 13.1. The summed E-state index contributed by atoms with van der Waals surface area (Å²) in [5.41, 5.74) is 0.816. The Kier molecular flexibility index (Phi) is 6.29. The number of alkyl halides is 2. The van der Waals surface area contributed by atoms with Gasteiger partial charge in [-0.15, -0.1) is 0 Å². The standard InChI is InChI=1S/C16H21F2NO4/c1-2-22-15(20)13-9-19(8-12(13)14(17)18)16(21)23-10-11-6-4-3-5-7-11/h3-7,12-15,20H,2,8-10H2,1H3/t12-,13-,15?/m1/s1. The summed E-state index contributed by atoms with van der Waals surface area (Å²) in [5.74, 6) is -1.94. The maximum Gasteiger partial charge on any atom is 0.410 e. The molecule has 1 aliphatic heterocycles. The van der Waals surface area contributed by atoms with Crippen molar-refractivity contribution < 1.29 is 28.2 Å². The van der Waals surface area contributed by atoms with Crippen molar-refractivity contribution in [2.45, 2.75) is 26.2 Å². The lowest BCUT2D eigenvalue weighted by molar-refractivity contribution is -0.146. The number of hydrogen-bond acceptors (Lipinski definition) is 4. The summed E-state index contributed by atoms with van der Waals surface area (Å²) < 4.78 is 36.4. The molecule has 128 valence electrons. The van der Waals surface area contributed by atoms with Gasteiger partial charge in [-0.2, -0.15) is 0 Å². The smallest absolute Gasteiger partial charge is 0.410 e. The largest absolute Gasteiger partial charge is 0.445 e. The fourth-order valence-corrected chi connectivity index (χ4v) is 2.68. The van der Waals surface area contributed by atoms with E-state index in [0.29, 0.717) is 0 Å². The number of benzene rings is 1. The molecule has 1 amide bonds. The monoisotopic (exact) mass is 329 g/mol. The van der Waals surface area contributed by atoms with Gasteiger partial charge in [0.1, 0.15) is 6.61 Å². The van der Waals surface area contributed by atoms with Gasteiger partial charge < -0.3 is 19.5 Å². The predicted octanol–water partition coefficient (Wildman–Crippen LogP) is 2.49. The molecule has 1 saturated heterocycles. The highest BCUT2D eigenvalue weighted by Gasteiger charge is 2.44. The number of ether oxygens (including phenoxy) is 2. The van der Waals surface area contributed by atoms with Crippen LogP contribution >= 0.6 is 0 Å². The van der Waals surface area contributed by atoms with Gasteiger partial charge in [-0.3, -0.25) is 0 Å². The van der Waals surface area contributed by atoms with Gasteiger partial charge in [-0.25, -0.2) is 13.6 Å². The van der Waals surface area contributed by atoms with Crippen molar-refractivity contribution >= 4 is 6.09 Å². The van der Waals surface area contributed by atoms with Crippen LogP contribution in [0.2, 0.25) is 0 Å². The van der Waals surface area contributed by atoms with Gasteiger partial charge in [-0.1, -0.05) is 30.3 Å². The number of halogens is 2. The van der Waals surface area contributed by atoms with E-state index in [1.165, 1.54) is 4.90 Å². The summed E-state index contributed by atoms with van der Waals surface area (Å²) >= 11 is 0. The lowest BCUT2D eigenvalue weighted by atomic mass is 9.96. The first-order chi connectivity index (χ1) is 11.0. The Morgan fingerprint density at radius 2 is 1.96 bits per heavy atom. The SMILES string of the molecule is CCOC(O)[C@@H]1CN(C(=O)OCc2ccccc2)C[C@H]1C(F)F. The van der Waals surface area contributed by atoms with Crippen LogP contribution in [0, 0.1) is 11.8 Å². The zero-order valence-electron chi connectivity index (χ0n) is 12.9. The van der Waals surface area contributed by atoms with Gasteiger partial charge in [0.2, 0.25) is 6.43 Å². The molecule has 5 nitrogen and oxygen atoms in total. The van der Waals surface area contributed by atoms with Crippen molar-refractivity contribution in [2.75, 3.05) is 19.7 Å². The van der Waals surface area contributed by atoms with E-state index in [-0.39, 0.29) is 26.3 Å². The van der Waals surface area contributed by atoms with Crippen LogP contribution < -0.4 is 0 Å². The summed E-state index contributed by atoms with van der Waals surface area (Å²) in [6.07, 6.45) is -4.61. The Labute approximate surface area is 133 Å². The quantitative estimate of drug-likeness (QED) is 0.815. The van der Waals surface area contributed by atoms with Gasteiger partial charge in [0.25, 0.3) is 0 Å². The summed E-state index contributed by atoms with van der Waals surface area (Å²) in [5, 5.41) is 9.84.